The van der Waals surface area contributed by atoms with E-state index in [1.807, 2.05) is 19.4 Å². The van der Waals surface area contributed by atoms with Crippen molar-refractivity contribution >= 4 is 30.1 Å². The molecule has 1 aromatic carbocycles. The van der Waals surface area contributed by atoms with Gasteiger partial charge in [0.05, 0.1) is 17.8 Å². The van der Waals surface area contributed by atoms with E-state index in [1.54, 1.807) is 12.1 Å². The van der Waals surface area contributed by atoms with Gasteiger partial charge in [0.2, 0.25) is 5.95 Å². The van der Waals surface area contributed by atoms with Crippen LogP contribution in [-0.2, 0) is 6.18 Å². The summed E-state index contributed by atoms with van der Waals surface area (Å²) >= 11 is 0. The number of nitrogens with one attached hydrogen (secondary N) is 2. The van der Waals surface area contributed by atoms with Crippen LogP contribution in [0.1, 0.15) is 5.56 Å². The van der Waals surface area contributed by atoms with Crippen LogP contribution in [0, 0.1) is 0 Å². The molecule has 0 saturated heterocycles. The third-order valence-electron chi connectivity index (χ3n) is 4.36. The largest absolute Gasteiger partial charge is 0.419 e. The zero-order chi connectivity index (χ0) is 22.3. The SMILES string of the molecule is CP(C)c1cccc2c(-c3nc(NCC(O)C(F)(F)F)ncc3C(F)(F)F)c[nH]c12. The second-order valence-electron chi connectivity index (χ2n) is 6.69. The number of aliphatic hydroxyl groups is 1. The minimum Gasteiger partial charge on any atom is -0.382 e. The Bertz CT molecular complexity index is 1050. The molecule has 0 amide bonds. The van der Waals surface area contributed by atoms with Crippen LogP contribution in [0.3, 0.4) is 0 Å². The molecular weight excluding hydrogens is 433 g/mol. The van der Waals surface area contributed by atoms with E-state index in [9.17, 15) is 26.3 Å². The van der Waals surface area contributed by atoms with E-state index in [0.717, 1.165) is 5.30 Å². The summed E-state index contributed by atoms with van der Waals surface area (Å²) in [6.45, 7) is 3.01. The molecule has 0 fully saturated rings. The van der Waals surface area contributed by atoms with Gasteiger partial charge in [-0.15, -0.1) is 0 Å². The Morgan fingerprint density at radius 1 is 1.17 bits per heavy atom. The fourth-order valence-corrected chi connectivity index (χ4v) is 3.91. The molecular formula is C18H17F6N4OP. The van der Waals surface area contributed by atoms with Crippen LogP contribution in [0.15, 0.2) is 30.6 Å². The summed E-state index contributed by atoms with van der Waals surface area (Å²) in [5, 5.41) is 12.7. The Morgan fingerprint density at radius 3 is 2.47 bits per heavy atom. The number of aliphatic hydroxyl groups excluding tert-OH is 1. The van der Waals surface area contributed by atoms with Gasteiger partial charge in [0.15, 0.2) is 6.10 Å². The van der Waals surface area contributed by atoms with Crippen LogP contribution >= 0.6 is 7.92 Å². The highest BCUT2D eigenvalue weighted by atomic mass is 31.1. The molecule has 0 bridgehead atoms. The highest BCUT2D eigenvalue weighted by Crippen LogP contribution is 2.39. The average Bonchev–Trinajstić information content (AvgIpc) is 3.08. The number of H-pyrrole nitrogens is 1. The number of halogens is 6. The van der Waals surface area contributed by atoms with Crippen LogP contribution < -0.4 is 10.6 Å². The highest BCUT2D eigenvalue weighted by molar-refractivity contribution is 7.64. The second kappa shape index (κ2) is 8.03. The van der Waals surface area contributed by atoms with E-state index in [1.165, 1.54) is 6.20 Å². The summed E-state index contributed by atoms with van der Waals surface area (Å²) < 4.78 is 78.1. The van der Waals surface area contributed by atoms with E-state index >= 15 is 0 Å². The minimum atomic E-state index is -4.88. The van der Waals surface area contributed by atoms with Crippen molar-refractivity contribution in [2.75, 3.05) is 25.2 Å². The highest BCUT2D eigenvalue weighted by Gasteiger charge is 2.39. The average molecular weight is 450 g/mol. The summed E-state index contributed by atoms with van der Waals surface area (Å²) in [5.74, 6) is -0.458. The van der Waals surface area contributed by atoms with E-state index in [0.29, 0.717) is 17.1 Å². The maximum atomic E-state index is 13.6. The molecule has 1 atom stereocenters. The standard InChI is InChI=1S/C18H17F6N4OP/c1-30(2)12-5-3-4-9-10(6-25-15(9)12)14-11(17(19,20)21)7-26-16(28-14)27-8-13(29)18(22,23)24/h3-7,13,25,29H,8H2,1-2H3,(H,26,27,28). The number of nitrogens with zero attached hydrogens (tertiary/aromatic N) is 2. The molecule has 0 aliphatic heterocycles. The Morgan fingerprint density at radius 2 is 1.87 bits per heavy atom. The van der Waals surface area contributed by atoms with Crippen molar-refractivity contribution in [1.29, 1.82) is 0 Å². The first-order chi connectivity index (χ1) is 13.9. The molecule has 0 saturated carbocycles. The fourth-order valence-electron chi connectivity index (χ4n) is 2.89. The predicted octanol–water partition coefficient (Wildman–Crippen LogP) is 4.35. The molecule has 0 spiro atoms. The maximum absolute atomic E-state index is 13.6. The van der Waals surface area contributed by atoms with Gasteiger partial charge in [0, 0.05) is 23.3 Å². The van der Waals surface area contributed by atoms with Gasteiger partial charge in [-0.3, -0.25) is 0 Å². The van der Waals surface area contributed by atoms with Crippen molar-refractivity contribution in [2.45, 2.75) is 18.5 Å². The quantitative estimate of drug-likeness (QED) is 0.399. The molecule has 3 N–H and O–H groups in total. The summed E-state index contributed by atoms with van der Waals surface area (Å²) in [4.78, 5) is 10.3. The van der Waals surface area contributed by atoms with Crippen LogP contribution in [0.5, 0.6) is 0 Å². The number of hydrogen-bond donors (Lipinski definition) is 3. The Labute approximate surface area is 168 Å². The lowest BCUT2D eigenvalue weighted by atomic mass is 10.1. The topological polar surface area (TPSA) is 73.8 Å². The van der Waals surface area contributed by atoms with Gasteiger partial charge in [-0.2, -0.15) is 26.3 Å². The molecule has 0 aliphatic rings. The molecule has 0 radical (unpaired) electrons. The first kappa shape index (κ1) is 22.3. The van der Waals surface area contributed by atoms with Crippen LogP contribution in [0.2, 0.25) is 0 Å². The Hall–Kier alpha value is -2.39. The van der Waals surface area contributed by atoms with Crippen molar-refractivity contribution in [2.24, 2.45) is 0 Å². The Balaban J connectivity index is 2.09. The number of para-hydroxylation sites is 1. The van der Waals surface area contributed by atoms with Gasteiger partial charge in [0.25, 0.3) is 0 Å². The van der Waals surface area contributed by atoms with Gasteiger partial charge < -0.3 is 15.4 Å². The van der Waals surface area contributed by atoms with Crippen LogP contribution in [-0.4, -0.2) is 52.2 Å². The number of aromatic amines is 1. The minimum absolute atomic E-state index is 0.151. The summed E-state index contributed by atoms with van der Waals surface area (Å²) in [6.07, 6.45) is -10.5. The van der Waals surface area contributed by atoms with E-state index in [2.05, 4.69) is 20.3 Å². The first-order valence-electron chi connectivity index (χ1n) is 8.60. The molecule has 5 nitrogen and oxygen atoms in total. The van der Waals surface area contributed by atoms with Crippen molar-refractivity contribution in [3.8, 4) is 11.3 Å². The van der Waals surface area contributed by atoms with E-state index < -0.39 is 50.1 Å². The van der Waals surface area contributed by atoms with Gasteiger partial charge in [-0.25, -0.2) is 9.97 Å². The zero-order valence-corrected chi connectivity index (χ0v) is 16.6. The number of rotatable bonds is 5. The summed E-state index contributed by atoms with van der Waals surface area (Å²) in [6, 6.07) is 5.25. The van der Waals surface area contributed by atoms with Crippen molar-refractivity contribution in [3.63, 3.8) is 0 Å². The van der Waals surface area contributed by atoms with E-state index in [4.69, 9.17) is 5.11 Å². The predicted molar refractivity (Wildman–Crippen MR) is 103 cm³/mol. The second-order valence-corrected chi connectivity index (χ2v) is 8.96. The third-order valence-corrected chi connectivity index (χ3v) is 5.69. The zero-order valence-electron chi connectivity index (χ0n) is 15.7. The lowest BCUT2D eigenvalue weighted by Gasteiger charge is -2.16. The van der Waals surface area contributed by atoms with Gasteiger partial charge in [0.1, 0.15) is 5.56 Å². The van der Waals surface area contributed by atoms with Gasteiger partial charge in [-0.05, 0) is 18.6 Å². The molecule has 12 heteroatoms. The third kappa shape index (κ3) is 4.52. The van der Waals surface area contributed by atoms with Gasteiger partial charge >= 0.3 is 12.4 Å². The van der Waals surface area contributed by atoms with Crippen molar-refractivity contribution in [3.05, 3.63) is 36.2 Å². The number of benzene rings is 1. The smallest absolute Gasteiger partial charge is 0.382 e. The lowest BCUT2D eigenvalue weighted by molar-refractivity contribution is -0.198. The molecule has 3 aromatic rings. The molecule has 30 heavy (non-hydrogen) atoms. The number of fused-ring (bicyclic) bond motifs is 1. The monoisotopic (exact) mass is 450 g/mol. The normalized spacial score (nSPS) is 13.8. The Kier molecular flexibility index (Phi) is 5.97. The number of alkyl halides is 6. The molecule has 2 heterocycles. The molecule has 2 aromatic heterocycles. The summed E-state index contributed by atoms with van der Waals surface area (Å²) in [7, 11) is -0.545. The van der Waals surface area contributed by atoms with E-state index in [-0.39, 0.29) is 5.56 Å². The molecule has 3 rings (SSSR count). The number of hydrogen-bond acceptors (Lipinski definition) is 4. The van der Waals surface area contributed by atoms with Gasteiger partial charge in [-0.1, -0.05) is 26.1 Å². The molecule has 162 valence electrons. The van der Waals surface area contributed by atoms with Crippen molar-refractivity contribution < 1.29 is 31.4 Å². The molecule has 1 unspecified atom stereocenters. The van der Waals surface area contributed by atoms with Crippen LogP contribution in [0.4, 0.5) is 32.3 Å². The van der Waals surface area contributed by atoms with Crippen LogP contribution in [0.25, 0.3) is 22.2 Å². The number of aromatic nitrogens is 3. The molecule has 0 aliphatic carbocycles. The van der Waals surface area contributed by atoms with Crippen molar-refractivity contribution in [1.82, 2.24) is 15.0 Å². The number of anilines is 1. The first-order valence-corrected chi connectivity index (χ1v) is 10.8. The lowest BCUT2D eigenvalue weighted by Crippen LogP contribution is -2.35. The summed E-state index contributed by atoms with van der Waals surface area (Å²) in [5.41, 5.74) is -0.761. The fraction of sp³-hybridized carbons (Fsp3) is 0.333. The maximum Gasteiger partial charge on any atom is 0.419 e.